The Balaban J connectivity index is 1.97. The molecular formula is C13H16N2O. The number of hydrogen-bond acceptors (Lipinski definition) is 2. The van der Waals surface area contributed by atoms with Crippen LogP contribution in [0, 0.1) is 5.41 Å². The summed E-state index contributed by atoms with van der Waals surface area (Å²) in [5.74, 6) is 0.215. The van der Waals surface area contributed by atoms with Crippen molar-refractivity contribution in [1.82, 2.24) is 5.32 Å². The number of amides is 1. The van der Waals surface area contributed by atoms with E-state index in [0.717, 1.165) is 38.0 Å². The highest BCUT2D eigenvalue weighted by molar-refractivity contribution is 5.98. The van der Waals surface area contributed by atoms with E-state index in [0.29, 0.717) is 0 Å². The van der Waals surface area contributed by atoms with Crippen molar-refractivity contribution in [2.75, 3.05) is 18.4 Å². The summed E-state index contributed by atoms with van der Waals surface area (Å²) in [5.41, 5.74) is 2.13. The maximum absolute atomic E-state index is 12.2. The zero-order valence-electron chi connectivity index (χ0n) is 9.25. The smallest absolute Gasteiger partial charge is 0.231 e. The molecule has 3 nitrogen and oxygen atoms in total. The molecule has 0 saturated carbocycles. The van der Waals surface area contributed by atoms with Crippen molar-refractivity contribution >= 4 is 11.6 Å². The number of carbonyl (C=O) groups is 1. The number of benzene rings is 1. The van der Waals surface area contributed by atoms with Crippen LogP contribution in [0.3, 0.4) is 0 Å². The molecule has 0 aliphatic carbocycles. The summed E-state index contributed by atoms with van der Waals surface area (Å²) in [4.78, 5) is 12.2. The topological polar surface area (TPSA) is 41.1 Å². The number of hydrogen-bond donors (Lipinski definition) is 2. The highest BCUT2D eigenvalue weighted by Gasteiger charge is 2.42. The Morgan fingerprint density at radius 3 is 2.69 bits per heavy atom. The third-order valence-corrected chi connectivity index (χ3v) is 3.84. The molecule has 0 atom stereocenters. The largest absolute Gasteiger partial charge is 0.325 e. The van der Waals surface area contributed by atoms with Crippen molar-refractivity contribution in [2.24, 2.45) is 5.41 Å². The van der Waals surface area contributed by atoms with Gasteiger partial charge in [0.15, 0.2) is 0 Å². The van der Waals surface area contributed by atoms with Crippen LogP contribution in [-0.4, -0.2) is 19.0 Å². The first-order chi connectivity index (χ1) is 7.80. The molecule has 1 saturated heterocycles. The normalized spacial score (nSPS) is 22.6. The number of anilines is 1. The number of fused-ring (bicyclic) bond motifs is 1. The third-order valence-electron chi connectivity index (χ3n) is 3.84. The quantitative estimate of drug-likeness (QED) is 0.691. The fourth-order valence-electron chi connectivity index (χ4n) is 2.81. The highest BCUT2D eigenvalue weighted by Crippen LogP contribution is 2.39. The molecule has 0 unspecified atom stereocenters. The van der Waals surface area contributed by atoms with Crippen LogP contribution in [0.5, 0.6) is 0 Å². The van der Waals surface area contributed by atoms with Gasteiger partial charge in [-0.3, -0.25) is 4.79 Å². The molecule has 2 aliphatic rings. The molecule has 2 aliphatic heterocycles. The van der Waals surface area contributed by atoms with Gasteiger partial charge in [-0.25, -0.2) is 0 Å². The van der Waals surface area contributed by atoms with Crippen molar-refractivity contribution in [3.8, 4) is 0 Å². The van der Waals surface area contributed by atoms with Crippen LogP contribution in [0.1, 0.15) is 18.4 Å². The lowest BCUT2D eigenvalue weighted by atomic mass is 9.71. The van der Waals surface area contributed by atoms with E-state index in [1.54, 1.807) is 0 Å². The first-order valence-corrected chi connectivity index (χ1v) is 5.90. The van der Waals surface area contributed by atoms with E-state index in [-0.39, 0.29) is 11.3 Å². The van der Waals surface area contributed by atoms with Crippen molar-refractivity contribution in [1.29, 1.82) is 0 Å². The molecule has 1 aromatic rings. The van der Waals surface area contributed by atoms with Crippen molar-refractivity contribution in [3.05, 3.63) is 29.8 Å². The molecule has 0 bridgehead atoms. The van der Waals surface area contributed by atoms with Gasteiger partial charge >= 0.3 is 0 Å². The Labute approximate surface area is 95.2 Å². The second-order valence-corrected chi connectivity index (χ2v) is 4.82. The zero-order valence-corrected chi connectivity index (χ0v) is 9.25. The van der Waals surface area contributed by atoms with E-state index in [2.05, 4.69) is 16.7 Å². The molecule has 3 heteroatoms. The van der Waals surface area contributed by atoms with Crippen LogP contribution >= 0.6 is 0 Å². The number of carbonyl (C=O) groups excluding carboxylic acids is 1. The summed E-state index contributed by atoms with van der Waals surface area (Å²) < 4.78 is 0. The number of piperidine rings is 1. The van der Waals surface area contributed by atoms with Crippen LogP contribution in [0.15, 0.2) is 24.3 Å². The van der Waals surface area contributed by atoms with Gasteiger partial charge in [0.25, 0.3) is 0 Å². The van der Waals surface area contributed by atoms with E-state index >= 15 is 0 Å². The fourth-order valence-corrected chi connectivity index (χ4v) is 2.81. The summed E-state index contributed by atoms with van der Waals surface area (Å²) in [6, 6.07) is 8.13. The van der Waals surface area contributed by atoms with E-state index in [1.807, 2.05) is 18.2 Å². The Kier molecular flexibility index (Phi) is 2.21. The van der Waals surface area contributed by atoms with E-state index in [9.17, 15) is 4.79 Å². The lowest BCUT2D eigenvalue weighted by molar-refractivity contribution is -0.127. The molecule has 1 aromatic carbocycles. The van der Waals surface area contributed by atoms with Crippen molar-refractivity contribution in [2.45, 2.75) is 19.3 Å². The molecule has 0 aromatic heterocycles. The predicted octanol–water partition coefficient (Wildman–Crippen LogP) is 1.55. The summed E-state index contributed by atoms with van der Waals surface area (Å²) >= 11 is 0. The number of para-hydroxylation sites is 1. The van der Waals surface area contributed by atoms with Gasteiger partial charge in [-0.2, -0.15) is 0 Å². The van der Waals surface area contributed by atoms with Crippen LogP contribution in [-0.2, 0) is 11.2 Å². The Bertz CT molecular complexity index is 422. The minimum atomic E-state index is -0.153. The number of nitrogens with one attached hydrogen (secondary N) is 2. The SMILES string of the molecule is O=C1Nc2ccccc2CC12CCNCC2. The van der Waals surface area contributed by atoms with E-state index in [1.165, 1.54) is 5.56 Å². The van der Waals surface area contributed by atoms with E-state index < -0.39 is 0 Å². The molecule has 3 rings (SSSR count). The maximum atomic E-state index is 12.2. The van der Waals surface area contributed by atoms with Crippen LogP contribution in [0.2, 0.25) is 0 Å². The molecule has 1 spiro atoms. The molecule has 1 amide bonds. The Morgan fingerprint density at radius 1 is 1.12 bits per heavy atom. The van der Waals surface area contributed by atoms with Crippen LogP contribution in [0.4, 0.5) is 5.69 Å². The monoisotopic (exact) mass is 216 g/mol. The Morgan fingerprint density at radius 2 is 1.88 bits per heavy atom. The molecule has 0 radical (unpaired) electrons. The van der Waals surface area contributed by atoms with Crippen LogP contribution in [0.25, 0.3) is 0 Å². The second kappa shape index (κ2) is 3.59. The molecular weight excluding hydrogens is 200 g/mol. The fraction of sp³-hybridized carbons (Fsp3) is 0.462. The minimum absolute atomic E-state index is 0.153. The second-order valence-electron chi connectivity index (χ2n) is 4.82. The van der Waals surface area contributed by atoms with Gasteiger partial charge in [-0.05, 0) is 44.0 Å². The van der Waals surface area contributed by atoms with Gasteiger partial charge in [-0.1, -0.05) is 18.2 Å². The van der Waals surface area contributed by atoms with Gasteiger partial charge in [-0.15, -0.1) is 0 Å². The highest BCUT2D eigenvalue weighted by atomic mass is 16.2. The number of rotatable bonds is 0. The van der Waals surface area contributed by atoms with Crippen molar-refractivity contribution < 1.29 is 4.79 Å². The molecule has 1 fully saturated rings. The average molecular weight is 216 g/mol. The van der Waals surface area contributed by atoms with Gasteiger partial charge in [0.05, 0.1) is 5.41 Å². The maximum Gasteiger partial charge on any atom is 0.231 e. The summed E-state index contributed by atoms with van der Waals surface area (Å²) in [7, 11) is 0. The lowest BCUT2D eigenvalue weighted by Gasteiger charge is -2.39. The Hall–Kier alpha value is -1.35. The lowest BCUT2D eigenvalue weighted by Crippen LogP contribution is -2.48. The molecule has 84 valence electrons. The van der Waals surface area contributed by atoms with Gasteiger partial charge in [0.1, 0.15) is 0 Å². The summed E-state index contributed by atoms with van der Waals surface area (Å²) in [6.07, 6.45) is 2.80. The standard InChI is InChI=1S/C13H16N2O/c16-12-13(5-7-14-8-6-13)9-10-3-1-2-4-11(10)15-12/h1-4,14H,5-9H2,(H,15,16). The minimum Gasteiger partial charge on any atom is -0.325 e. The van der Waals surface area contributed by atoms with Gasteiger partial charge < -0.3 is 10.6 Å². The summed E-state index contributed by atoms with van der Waals surface area (Å²) in [6.45, 7) is 1.91. The van der Waals surface area contributed by atoms with Crippen LogP contribution < -0.4 is 10.6 Å². The first kappa shape index (κ1) is 9.85. The predicted molar refractivity (Wildman–Crippen MR) is 63.3 cm³/mol. The molecule has 16 heavy (non-hydrogen) atoms. The van der Waals surface area contributed by atoms with E-state index in [4.69, 9.17) is 0 Å². The van der Waals surface area contributed by atoms with Crippen molar-refractivity contribution in [3.63, 3.8) is 0 Å². The first-order valence-electron chi connectivity index (χ1n) is 5.90. The zero-order chi connectivity index (χ0) is 11.0. The van der Waals surface area contributed by atoms with Gasteiger partial charge in [0.2, 0.25) is 5.91 Å². The van der Waals surface area contributed by atoms with Gasteiger partial charge in [0, 0.05) is 5.69 Å². The summed E-state index contributed by atoms with van der Waals surface area (Å²) in [5, 5.41) is 6.37. The molecule has 2 heterocycles. The average Bonchev–Trinajstić information content (AvgIpc) is 2.32. The molecule has 2 N–H and O–H groups in total. The third kappa shape index (κ3) is 1.43.